The molecule has 29 heavy (non-hydrogen) atoms. The molecular formula is C22H18N6O. The number of aryl methyl sites for hydroxylation is 2. The SMILES string of the molecule is O=C(NCc1cccnc1)c1cc2n(n1)CCc1cnc(-c3ccccc3)nc1-2. The number of nitrogens with zero attached hydrogens (tertiary/aromatic N) is 5. The third kappa shape index (κ3) is 3.38. The number of aromatic nitrogens is 5. The van der Waals surface area contributed by atoms with E-state index in [9.17, 15) is 4.79 Å². The van der Waals surface area contributed by atoms with Gasteiger partial charge in [0.25, 0.3) is 5.91 Å². The van der Waals surface area contributed by atoms with E-state index >= 15 is 0 Å². The molecule has 1 aliphatic rings. The van der Waals surface area contributed by atoms with Crippen LogP contribution in [0.2, 0.25) is 0 Å². The highest BCUT2D eigenvalue weighted by molar-refractivity contribution is 5.93. The molecule has 0 spiro atoms. The predicted octanol–water partition coefficient (Wildman–Crippen LogP) is 2.89. The second-order valence-electron chi connectivity index (χ2n) is 6.87. The second-order valence-corrected chi connectivity index (χ2v) is 6.87. The Labute approximate surface area is 167 Å². The summed E-state index contributed by atoms with van der Waals surface area (Å²) in [5.74, 6) is 0.455. The van der Waals surface area contributed by atoms with Crippen molar-refractivity contribution < 1.29 is 4.79 Å². The van der Waals surface area contributed by atoms with Crippen LogP contribution in [0.5, 0.6) is 0 Å². The number of fused-ring (bicyclic) bond motifs is 3. The fourth-order valence-corrected chi connectivity index (χ4v) is 3.43. The topological polar surface area (TPSA) is 85.6 Å². The Balaban J connectivity index is 1.43. The first-order valence-electron chi connectivity index (χ1n) is 9.44. The highest BCUT2D eigenvalue weighted by atomic mass is 16.1. The van der Waals surface area contributed by atoms with Crippen LogP contribution in [0, 0.1) is 0 Å². The van der Waals surface area contributed by atoms with Gasteiger partial charge in [0.2, 0.25) is 0 Å². The van der Waals surface area contributed by atoms with E-state index in [0.717, 1.165) is 34.5 Å². The van der Waals surface area contributed by atoms with Crippen LogP contribution in [0.25, 0.3) is 22.8 Å². The third-order valence-corrected chi connectivity index (χ3v) is 4.92. The number of hydrogen-bond acceptors (Lipinski definition) is 5. The summed E-state index contributed by atoms with van der Waals surface area (Å²) in [7, 11) is 0. The van der Waals surface area contributed by atoms with Gasteiger partial charge in [-0.1, -0.05) is 36.4 Å². The van der Waals surface area contributed by atoms with E-state index < -0.39 is 0 Å². The van der Waals surface area contributed by atoms with E-state index in [0.29, 0.717) is 24.6 Å². The van der Waals surface area contributed by atoms with E-state index in [1.54, 1.807) is 18.5 Å². The molecule has 1 amide bonds. The average molecular weight is 382 g/mol. The van der Waals surface area contributed by atoms with Crippen LogP contribution in [-0.4, -0.2) is 30.6 Å². The van der Waals surface area contributed by atoms with Crippen molar-refractivity contribution in [3.05, 3.63) is 83.9 Å². The molecule has 0 atom stereocenters. The number of amides is 1. The molecule has 1 aromatic carbocycles. The van der Waals surface area contributed by atoms with Gasteiger partial charge in [-0.05, 0) is 24.1 Å². The predicted molar refractivity (Wildman–Crippen MR) is 108 cm³/mol. The molecule has 142 valence electrons. The summed E-state index contributed by atoms with van der Waals surface area (Å²) in [5.41, 5.74) is 5.04. The summed E-state index contributed by atoms with van der Waals surface area (Å²) in [6, 6.07) is 15.4. The van der Waals surface area contributed by atoms with Gasteiger partial charge in [-0.15, -0.1) is 0 Å². The monoisotopic (exact) mass is 382 g/mol. The normalized spacial score (nSPS) is 12.1. The molecule has 0 fully saturated rings. The van der Waals surface area contributed by atoms with Crippen molar-refractivity contribution in [3.63, 3.8) is 0 Å². The summed E-state index contributed by atoms with van der Waals surface area (Å²) >= 11 is 0. The minimum absolute atomic E-state index is 0.213. The van der Waals surface area contributed by atoms with Crippen LogP contribution >= 0.6 is 0 Å². The van der Waals surface area contributed by atoms with Crippen molar-refractivity contribution in [3.8, 4) is 22.8 Å². The lowest BCUT2D eigenvalue weighted by atomic mass is 10.1. The lowest BCUT2D eigenvalue weighted by Gasteiger charge is -2.17. The molecule has 7 heteroatoms. The molecule has 3 aromatic heterocycles. The van der Waals surface area contributed by atoms with E-state index in [2.05, 4.69) is 20.4 Å². The Bertz CT molecular complexity index is 1170. The molecule has 0 radical (unpaired) electrons. The van der Waals surface area contributed by atoms with Crippen molar-refractivity contribution in [1.82, 2.24) is 30.0 Å². The Morgan fingerprint density at radius 3 is 2.83 bits per heavy atom. The number of nitrogens with one attached hydrogen (secondary N) is 1. The van der Waals surface area contributed by atoms with Crippen molar-refractivity contribution in [2.45, 2.75) is 19.5 Å². The molecule has 0 bridgehead atoms. The Morgan fingerprint density at radius 2 is 2.00 bits per heavy atom. The van der Waals surface area contributed by atoms with Crippen LogP contribution in [0.15, 0.2) is 67.1 Å². The Morgan fingerprint density at radius 1 is 1.10 bits per heavy atom. The standard InChI is InChI=1S/C22H18N6O/c29-22(25-13-15-5-4-9-23-12-15)18-11-19-20-17(8-10-28(19)27-18)14-24-21(26-20)16-6-2-1-3-7-16/h1-7,9,11-12,14H,8,10,13H2,(H,25,29). The number of carbonyl (C=O) groups is 1. The van der Waals surface area contributed by atoms with Crippen molar-refractivity contribution in [1.29, 1.82) is 0 Å². The molecule has 0 saturated heterocycles. The van der Waals surface area contributed by atoms with Crippen LogP contribution in [-0.2, 0) is 19.5 Å². The van der Waals surface area contributed by atoms with Gasteiger partial charge in [-0.2, -0.15) is 5.10 Å². The molecule has 4 heterocycles. The van der Waals surface area contributed by atoms with Gasteiger partial charge in [0, 0.05) is 42.8 Å². The Kier molecular flexibility index (Phi) is 4.32. The maximum Gasteiger partial charge on any atom is 0.272 e. The van der Waals surface area contributed by atoms with E-state index in [4.69, 9.17) is 4.98 Å². The maximum absolute atomic E-state index is 12.6. The second kappa shape index (κ2) is 7.27. The van der Waals surface area contributed by atoms with Gasteiger partial charge in [-0.25, -0.2) is 9.97 Å². The number of benzene rings is 1. The third-order valence-electron chi connectivity index (χ3n) is 4.92. The zero-order valence-electron chi connectivity index (χ0n) is 15.6. The first-order valence-corrected chi connectivity index (χ1v) is 9.44. The lowest BCUT2D eigenvalue weighted by Crippen LogP contribution is -2.23. The van der Waals surface area contributed by atoms with E-state index in [-0.39, 0.29) is 5.91 Å². The number of hydrogen-bond donors (Lipinski definition) is 1. The summed E-state index contributed by atoms with van der Waals surface area (Å²) in [6.45, 7) is 1.11. The van der Waals surface area contributed by atoms with Gasteiger partial charge in [0.15, 0.2) is 11.5 Å². The highest BCUT2D eigenvalue weighted by Gasteiger charge is 2.23. The van der Waals surface area contributed by atoms with Gasteiger partial charge in [0.1, 0.15) is 0 Å². The molecule has 1 aliphatic heterocycles. The zero-order chi connectivity index (χ0) is 19.6. The molecule has 4 aromatic rings. The van der Waals surface area contributed by atoms with Gasteiger partial charge >= 0.3 is 0 Å². The van der Waals surface area contributed by atoms with Gasteiger partial charge in [-0.3, -0.25) is 14.5 Å². The number of pyridine rings is 1. The summed E-state index contributed by atoms with van der Waals surface area (Å²) in [4.78, 5) is 26.0. The van der Waals surface area contributed by atoms with Crippen LogP contribution < -0.4 is 5.32 Å². The summed E-state index contributed by atoms with van der Waals surface area (Å²) in [6.07, 6.45) is 6.10. The van der Waals surface area contributed by atoms with E-state index in [1.165, 1.54) is 0 Å². The average Bonchev–Trinajstić information content (AvgIpc) is 3.23. The minimum Gasteiger partial charge on any atom is -0.347 e. The molecule has 0 aliphatic carbocycles. The maximum atomic E-state index is 12.6. The summed E-state index contributed by atoms with van der Waals surface area (Å²) < 4.78 is 1.85. The highest BCUT2D eigenvalue weighted by Crippen LogP contribution is 2.29. The smallest absolute Gasteiger partial charge is 0.272 e. The van der Waals surface area contributed by atoms with Crippen molar-refractivity contribution in [2.75, 3.05) is 0 Å². The molecule has 7 nitrogen and oxygen atoms in total. The van der Waals surface area contributed by atoms with Crippen molar-refractivity contribution in [2.24, 2.45) is 0 Å². The fourth-order valence-electron chi connectivity index (χ4n) is 3.43. The Hall–Kier alpha value is -3.87. The largest absolute Gasteiger partial charge is 0.347 e. The lowest BCUT2D eigenvalue weighted by molar-refractivity contribution is 0.0945. The number of carbonyl (C=O) groups excluding carboxylic acids is 1. The van der Waals surface area contributed by atoms with Crippen LogP contribution in [0.4, 0.5) is 0 Å². The fraction of sp³-hybridized carbons (Fsp3) is 0.136. The first-order chi connectivity index (χ1) is 14.3. The molecule has 0 unspecified atom stereocenters. The van der Waals surface area contributed by atoms with Crippen LogP contribution in [0.1, 0.15) is 21.6 Å². The van der Waals surface area contributed by atoms with Crippen LogP contribution in [0.3, 0.4) is 0 Å². The van der Waals surface area contributed by atoms with Gasteiger partial charge < -0.3 is 5.32 Å². The molecular weight excluding hydrogens is 364 g/mol. The van der Waals surface area contributed by atoms with E-state index in [1.807, 2.05) is 53.3 Å². The summed E-state index contributed by atoms with van der Waals surface area (Å²) in [5, 5.41) is 7.39. The minimum atomic E-state index is -0.213. The molecule has 0 saturated carbocycles. The quantitative estimate of drug-likeness (QED) is 0.587. The number of rotatable bonds is 4. The van der Waals surface area contributed by atoms with Crippen molar-refractivity contribution >= 4 is 5.91 Å². The molecule has 5 rings (SSSR count). The van der Waals surface area contributed by atoms with Gasteiger partial charge in [0.05, 0.1) is 11.4 Å². The first kappa shape index (κ1) is 17.2. The molecule has 1 N–H and O–H groups in total. The zero-order valence-corrected chi connectivity index (χ0v) is 15.6.